The van der Waals surface area contributed by atoms with Crippen molar-refractivity contribution in [3.8, 4) is 0 Å². The van der Waals surface area contributed by atoms with Crippen LogP contribution in [0.15, 0.2) is 4.99 Å². The Hall–Kier alpha value is -0.510. The van der Waals surface area contributed by atoms with E-state index in [2.05, 4.69) is 15.6 Å². The smallest absolute Gasteiger partial charge is 0.215 e. The first-order valence-corrected chi connectivity index (χ1v) is 12.9. The summed E-state index contributed by atoms with van der Waals surface area (Å²) in [7, 11) is -1.46. The number of nitrogens with one attached hydrogen (secondary N) is 2. The largest absolute Gasteiger partial charge is 0.382 e. The summed E-state index contributed by atoms with van der Waals surface area (Å²) < 4.78 is 32.0. The van der Waals surface area contributed by atoms with Crippen molar-refractivity contribution in [2.75, 3.05) is 63.7 Å². The van der Waals surface area contributed by atoms with E-state index in [1.165, 1.54) is 25.7 Å². The Bertz CT molecular complexity index is 557. The van der Waals surface area contributed by atoms with E-state index in [1.54, 1.807) is 11.4 Å². The number of nitrogens with zero attached hydrogens (tertiary/aromatic N) is 2. The van der Waals surface area contributed by atoms with Gasteiger partial charge in [-0.25, -0.2) is 12.7 Å². The number of hydrogen-bond acceptors (Lipinski definition) is 5. The highest BCUT2D eigenvalue weighted by molar-refractivity contribution is 7.99. The molecular formula is C18H36N4O3S2. The third-order valence-electron chi connectivity index (χ3n) is 5.52. The molecule has 2 rings (SSSR count). The molecule has 9 heteroatoms. The van der Waals surface area contributed by atoms with Crippen LogP contribution in [0.3, 0.4) is 0 Å². The Labute approximate surface area is 169 Å². The lowest BCUT2D eigenvalue weighted by molar-refractivity contribution is 0.105. The summed E-state index contributed by atoms with van der Waals surface area (Å²) in [5.74, 6) is 2.56. The molecule has 0 amide bonds. The fraction of sp³-hybridized carbons (Fsp3) is 0.944. The molecule has 1 aliphatic carbocycles. The van der Waals surface area contributed by atoms with Crippen LogP contribution in [-0.2, 0) is 14.8 Å². The number of guanidine groups is 1. The first-order chi connectivity index (χ1) is 13.0. The maximum absolute atomic E-state index is 12.4. The minimum atomic E-state index is -3.19. The Kier molecular flexibility index (Phi) is 9.69. The SMILES string of the molecule is CCOCCC1(CNC(=NC)NCCS(=O)(=O)N2CCSCC2)CCCC1. The van der Waals surface area contributed by atoms with Crippen molar-refractivity contribution < 1.29 is 13.2 Å². The molecule has 2 fully saturated rings. The van der Waals surface area contributed by atoms with Gasteiger partial charge in [-0.1, -0.05) is 12.8 Å². The number of thioether (sulfide) groups is 1. The maximum atomic E-state index is 12.4. The summed E-state index contributed by atoms with van der Waals surface area (Å²) in [4.78, 5) is 4.26. The van der Waals surface area contributed by atoms with Gasteiger partial charge in [-0.15, -0.1) is 0 Å². The lowest BCUT2D eigenvalue weighted by Gasteiger charge is -2.30. The Morgan fingerprint density at radius 2 is 1.93 bits per heavy atom. The summed E-state index contributed by atoms with van der Waals surface area (Å²) in [6.45, 7) is 6.08. The topological polar surface area (TPSA) is 83.0 Å². The van der Waals surface area contributed by atoms with Gasteiger partial charge in [0.15, 0.2) is 5.96 Å². The fourth-order valence-corrected chi connectivity index (χ4v) is 6.31. The average Bonchev–Trinajstić information content (AvgIpc) is 3.14. The predicted molar refractivity (Wildman–Crippen MR) is 114 cm³/mol. The van der Waals surface area contributed by atoms with Gasteiger partial charge in [-0.2, -0.15) is 11.8 Å². The number of sulfonamides is 1. The van der Waals surface area contributed by atoms with Crippen molar-refractivity contribution in [2.24, 2.45) is 10.4 Å². The summed E-state index contributed by atoms with van der Waals surface area (Å²) in [6, 6.07) is 0. The van der Waals surface area contributed by atoms with Crippen molar-refractivity contribution in [1.29, 1.82) is 0 Å². The van der Waals surface area contributed by atoms with E-state index in [0.717, 1.165) is 37.7 Å². The summed E-state index contributed by atoms with van der Waals surface area (Å²) in [6.07, 6.45) is 6.03. The van der Waals surface area contributed by atoms with E-state index < -0.39 is 10.0 Å². The highest BCUT2D eigenvalue weighted by Crippen LogP contribution is 2.40. The van der Waals surface area contributed by atoms with Gasteiger partial charge in [0, 0.05) is 57.9 Å². The molecule has 7 nitrogen and oxygen atoms in total. The van der Waals surface area contributed by atoms with Gasteiger partial charge >= 0.3 is 0 Å². The number of hydrogen-bond donors (Lipinski definition) is 2. The lowest BCUT2D eigenvalue weighted by atomic mass is 9.83. The second-order valence-electron chi connectivity index (χ2n) is 7.33. The van der Waals surface area contributed by atoms with Gasteiger partial charge in [0.2, 0.25) is 10.0 Å². The molecule has 2 N–H and O–H groups in total. The maximum Gasteiger partial charge on any atom is 0.215 e. The van der Waals surface area contributed by atoms with Crippen LogP contribution in [0.2, 0.25) is 0 Å². The Morgan fingerprint density at radius 1 is 1.22 bits per heavy atom. The van der Waals surface area contributed by atoms with Crippen LogP contribution < -0.4 is 10.6 Å². The highest BCUT2D eigenvalue weighted by atomic mass is 32.2. The van der Waals surface area contributed by atoms with Crippen molar-refractivity contribution in [1.82, 2.24) is 14.9 Å². The third kappa shape index (κ3) is 7.44. The molecule has 1 saturated heterocycles. The van der Waals surface area contributed by atoms with Crippen LogP contribution in [0.25, 0.3) is 0 Å². The molecule has 0 aromatic rings. The molecule has 1 aliphatic heterocycles. The summed E-state index contributed by atoms with van der Waals surface area (Å²) >= 11 is 1.81. The first kappa shape index (κ1) is 22.8. The standard InChI is InChI=1S/C18H36N4O3S2/c1-3-25-12-8-18(6-4-5-7-18)16-21-17(19-2)20-9-15-27(23,24)22-10-13-26-14-11-22/h3-16H2,1-2H3,(H2,19,20,21). The minimum Gasteiger partial charge on any atom is -0.382 e. The molecule has 0 radical (unpaired) electrons. The third-order valence-corrected chi connectivity index (χ3v) is 8.33. The van der Waals surface area contributed by atoms with E-state index in [-0.39, 0.29) is 11.2 Å². The van der Waals surface area contributed by atoms with Gasteiger partial charge in [-0.05, 0) is 31.6 Å². The van der Waals surface area contributed by atoms with E-state index in [9.17, 15) is 8.42 Å². The summed E-state index contributed by atoms with van der Waals surface area (Å²) in [5, 5.41) is 6.59. The average molecular weight is 421 g/mol. The van der Waals surface area contributed by atoms with Gasteiger partial charge in [0.25, 0.3) is 0 Å². The number of rotatable bonds is 10. The van der Waals surface area contributed by atoms with Crippen molar-refractivity contribution >= 4 is 27.7 Å². The predicted octanol–water partition coefficient (Wildman–Crippen LogP) is 1.52. The Balaban J connectivity index is 1.76. The molecule has 1 saturated carbocycles. The van der Waals surface area contributed by atoms with Crippen LogP contribution >= 0.6 is 11.8 Å². The van der Waals surface area contributed by atoms with Crippen molar-refractivity contribution in [3.05, 3.63) is 0 Å². The zero-order chi connectivity index (χ0) is 19.6. The van der Waals surface area contributed by atoms with Crippen LogP contribution in [-0.4, -0.2) is 82.4 Å². The van der Waals surface area contributed by atoms with Gasteiger partial charge < -0.3 is 15.4 Å². The van der Waals surface area contributed by atoms with E-state index in [4.69, 9.17) is 4.74 Å². The number of aliphatic imine (C=N–C) groups is 1. The zero-order valence-corrected chi connectivity index (χ0v) is 18.5. The first-order valence-electron chi connectivity index (χ1n) is 10.1. The van der Waals surface area contributed by atoms with E-state index in [0.29, 0.717) is 25.6 Å². The van der Waals surface area contributed by atoms with Gasteiger partial charge in [0.1, 0.15) is 0 Å². The molecule has 0 bridgehead atoms. The molecule has 0 unspecified atom stereocenters. The molecule has 0 aromatic heterocycles. The quantitative estimate of drug-likeness (QED) is 0.317. The molecule has 0 atom stereocenters. The van der Waals surface area contributed by atoms with Crippen molar-refractivity contribution in [2.45, 2.75) is 39.0 Å². The second-order valence-corrected chi connectivity index (χ2v) is 10.6. The molecule has 2 aliphatic rings. The van der Waals surface area contributed by atoms with Crippen LogP contribution in [0.5, 0.6) is 0 Å². The molecule has 0 spiro atoms. The monoisotopic (exact) mass is 420 g/mol. The zero-order valence-electron chi connectivity index (χ0n) is 16.8. The van der Waals surface area contributed by atoms with Gasteiger partial charge in [0.05, 0.1) is 5.75 Å². The number of ether oxygens (including phenoxy) is 1. The van der Waals surface area contributed by atoms with E-state index in [1.807, 2.05) is 18.7 Å². The highest BCUT2D eigenvalue weighted by Gasteiger charge is 2.33. The molecule has 158 valence electrons. The molecule has 27 heavy (non-hydrogen) atoms. The van der Waals surface area contributed by atoms with Crippen molar-refractivity contribution in [3.63, 3.8) is 0 Å². The second kappa shape index (κ2) is 11.5. The van der Waals surface area contributed by atoms with Crippen LogP contribution in [0, 0.1) is 5.41 Å². The fourth-order valence-electron chi connectivity index (χ4n) is 3.82. The minimum absolute atomic E-state index is 0.105. The lowest BCUT2D eigenvalue weighted by Crippen LogP contribution is -2.46. The Morgan fingerprint density at radius 3 is 2.56 bits per heavy atom. The molecule has 0 aromatic carbocycles. The van der Waals surface area contributed by atoms with Gasteiger partial charge in [-0.3, -0.25) is 4.99 Å². The van der Waals surface area contributed by atoms with Crippen LogP contribution in [0.4, 0.5) is 0 Å². The summed E-state index contributed by atoms with van der Waals surface area (Å²) in [5.41, 5.74) is 0.268. The molecular weight excluding hydrogens is 384 g/mol. The normalized spacial score (nSPS) is 21.3. The van der Waals surface area contributed by atoms with Crippen LogP contribution in [0.1, 0.15) is 39.0 Å². The molecule has 1 heterocycles. The van der Waals surface area contributed by atoms with E-state index >= 15 is 0 Å².